The Kier molecular flexibility index (Phi) is 3.48. The van der Waals surface area contributed by atoms with Gasteiger partial charge >= 0.3 is 0 Å². The number of amides is 3. The van der Waals surface area contributed by atoms with Crippen molar-refractivity contribution < 1.29 is 19.5 Å². The van der Waals surface area contributed by atoms with Crippen molar-refractivity contribution in [3.05, 3.63) is 24.3 Å². The van der Waals surface area contributed by atoms with Crippen LogP contribution in [0.15, 0.2) is 24.3 Å². The second kappa shape index (κ2) is 5.21. The van der Waals surface area contributed by atoms with Gasteiger partial charge in [0.25, 0.3) is 0 Å². The number of rotatable bonds is 2. The Balaban J connectivity index is 1.96. The number of aliphatic hydroxyl groups excluding tert-OH is 1. The SMILES string of the molecule is CC1CC(=O)N(c2cccc(N3C(=O)C(C)CC3O)c2)C1=O. The summed E-state index contributed by atoms with van der Waals surface area (Å²) in [6, 6.07) is 6.63. The van der Waals surface area contributed by atoms with E-state index in [1.165, 1.54) is 4.90 Å². The molecule has 2 fully saturated rings. The van der Waals surface area contributed by atoms with E-state index in [1.54, 1.807) is 38.1 Å². The number of carbonyl (C=O) groups is 3. The Morgan fingerprint density at radius 2 is 1.73 bits per heavy atom. The van der Waals surface area contributed by atoms with E-state index in [-0.39, 0.29) is 36.0 Å². The Morgan fingerprint density at radius 1 is 1.05 bits per heavy atom. The van der Waals surface area contributed by atoms with Gasteiger partial charge in [0, 0.05) is 30.4 Å². The van der Waals surface area contributed by atoms with E-state index >= 15 is 0 Å². The predicted octanol–water partition coefficient (Wildman–Crippen LogP) is 1.28. The zero-order chi connectivity index (χ0) is 16.0. The largest absolute Gasteiger partial charge is 0.373 e. The van der Waals surface area contributed by atoms with Gasteiger partial charge in [0.1, 0.15) is 6.23 Å². The maximum Gasteiger partial charge on any atom is 0.237 e. The zero-order valence-corrected chi connectivity index (χ0v) is 12.5. The quantitative estimate of drug-likeness (QED) is 0.835. The average molecular weight is 302 g/mol. The summed E-state index contributed by atoms with van der Waals surface area (Å²) in [6.07, 6.45) is -0.297. The molecule has 116 valence electrons. The fraction of sp³-hybridized carbons (Fsp3) is 0.438. The van der Waals surface area contributed by atoms with Crippen LogP contribution in [0, 0.1) is 11.8 Å². The number of carbonyl (C=O) groups excluding carboxylic acids is 3. The summed E-state index contributed by atoms with van der Waals surface area (Å²) >= 11 is 0. The summed E-state index contributed by atoms with van der Waals surface area (Å²) < 4.78 is 0. The number of hydrogen-bond acceptors (Lipinski definition) is 4. The first-order chi connectivity index (χ1) is 10.4. The lowest BCUT2D eigenvalue weighted by Gasteiger charge is -2.23. The lowest BCUT2D eigenvalue weighted by atomic mass is 10.1. The van der Waals surface area contributed by atoms with E-state index in [0.717, 1.165) is 4.90 Å². The third-order valence-electron chi connectivity index (χ3n) is 4.26. The maximum atomic E-state index is 12.1. The third kappa shape index (κ3) is 2.20. The molecular formula is C16H18N2O4. The van der Waals surface area contributed by atoms with Crippen LogP contribution in [0.2, 0.25) is 0 Å². The molecule has 3 atom stereocenters. The molecule has 2 saturated heterocycles. The van der Waals surface area contributed by atoms with E-state index in [2.05, 4.69) is 0 Å². The van der Waals surface area contributed by atoms with Gasteiger partial charge in [0.15, 0.2) is 0 Å². The lowest BCUT2D eigenvalue weighted by Crippen LogP contribution is -2.34. The van der Waals surface area contributed by atoms with Gasteiger partial charge in [-0.3, -0.25) is 24.2 Å². The highest BCUT2D eigenvalue weighted by molar-refractivity contribution is 6.21. The molecule has 2 heterocycles. The molecule has 1 aromatic carbocycles. The number of hydrogen-bond donors (Lipinski definition) is 1. The predicted molar refractivity (Wildman–Crippen MR) is 80.0 cm³/mol. The minimum atomic E-state index is -0.873. The molecule has 6 heteroatoms. The average Bonchev–Trinajstić information content (AvgIpc) is 2.86. The molecular weight excluding hydrogens is 284 g/mol. The van der Waals surface area contributed by atoms with Gasteiger partial charge in [0.2, 0.25) is 17.7 Å². The first kappa shape index (κ1) is 14.7. The summed E-state index contributed by atoms with van der Waals surface area (Å²) in [5.74, 6) is -1.19. The van der Waals surface area contributed by atoms with Crippen LogP contribution in [0.3, 0.4) is 0 Å². The summed E-state index contributed by atoms with van der Waals surface area (Å²) in [7, 11) is 0. The summed E-state index contributed by atoms with van der Waals surface area (Å²) in [4.78, 5) is 38.7. The smallest absolute Gasteiger partial charge is 0.237 e. The van der Waals surface area contributed by atoms with E-state index in [4.69, 9.17) is 0 Å². The van der Waals surface area contributed by atoms with Gasteiger partial charge in [-0.05, 0) is 18.2 Å². The number of aliphatic hydroxyl groups is 1. The molecule has 6 nitrogen and oxygen atoms in total. The molecule has 0 spiro atoms. The molecule has 0 saturated carbocycles. The highest BCUT2D eigenvalue weighted by atomic mass is 16.3. The maximum absolute atomic E-state index is 12.1. The fourth-order valence-electron chi connectivity index (χ4n) is 3.04. The molecule has 2 aliphatic rings. The Hall–Kier alpha value is -2.21. The first-order valence-electron chi connectivity index (χ1n) is 7.38. The normalized spacial score (nSPS) is 28.9. The van der Waals surface area contributed by atoms with Crippen molar-refractivity contribution in [2.75, 3.05) is 9.80 Å². The minimum absolute atomic E-state index is 0.155. The van der Waals surface area contributed by atoms with Crippen LogP contribution < -0.4 is 9.80 Å². The number of benzene rings is 1. The molecule has 0 bridgehead atoms. The van der Waals surface area contributed by atoms with Crippen LogP contribution >= 0.6 is 0 Å². The topological polar surface area (TPSA) is 77.9 Å². The van der Waals surface area contributed by atoms with Crippen LogP contribution in [0.4, 0.5) is 11.4 Å². The number of nitrogens with zero attached hydrogens (tertiary/aromatic N) is 2. The fourth-order valence-corrected chi connectivity index (χ4v) is 3.04. The molecule has 0 radical (unpaired) electrons. The molecule has 2 aliphatic heterocycles. The number of anilines is 2. The summed E-state index contributed by atoms with van der Waals surface area (Å²) in [5.41, 5.74) is 0.941. The van der Waals surface area contributed by atoms with Crippen molar-refractivity contribution in [2.24, 2.45) is 11.8 Å². The van der Waals surface area contributed by atoms with Crippen molar-refractivity contribution in [1.82, 2.24) is 0 Å². The van der Waals surface area contributed by atoms with Gasteiger partial charge in [0.05, 0.1) is 5.69 Å². The molecule has 1 aromatic rings. The highest BCUT2D eigenvalue weighted by Gasteiger charge is 2.39. The second-order valence-electron chi connectivity index (χ2n) is 6.02. The van der Waals surface area contributed by atoms with Gasteiger partial charge < -0.3 is 5.11 Å². The van der Waals surface area contributed by atoms with E-state index in [0.29, 0.717) is 17.8 Å². The van der Waals surface area contributed by atoms with Crippen molar-refractivity contribution in [2.45, 2.75) is 32.9 Å². The van der Waals surface area contributed by atoms with Crippen molar-refractivity contribution in [3.63, 3.8) is 0 Å². The van der Waals surface area contributed by atoms with Crippen LogP contribution in [0.5, 0.6) is 0 Å². The molecule has 0 aromatic heterocycles. The van der Waals surface area contributed by atoms with Crippen molar-refractivity contribution in [1.29, 1.82) is 0 Å². The minimum Gasteiger partial charge on any atom is -0.373 e. The van der Waals surface area contributed by atoms with Crippen LogP contribution in [0.25, 0.3) is 0 Å². The Bertz CT molecular complexity index is 657. The monoisotopic (exact) mass is 302 g/mol. The van der Waals surface area contributed by atoms with Gasteiger partial charge in [-0.25, -0.2) is 0 Å². The molecule has 1 N–H and O–H groups in total. The molecule has 22 heavy (non-hydrogen) atoms. The molecule has 3 unspecified atom stereocenters. The van der Waals surface area contributed by atoms with E-state index in [1.807, 2.05) is 0 Å². The van der Waals surface area contributed by atoms with Crippen LogP contribution in [-0.2, 0) is 14.4 Å². The second-order valence-corrected chi connectivity index (χ2v) is 6.02. The highest BCUT2D eigenvalue weighted by Crippen LogP contribution is 2.33. The first-order valence-corrected chi connectivity index (χ1v) is 7.38. The standard InChI is InChI=1S/C16H18N2O4/c1-9-6-13(19)17(15(9)21)11-4-3-5-12(8-11)18-14(20)7-10(2)16(18)22/h3-5,8-10,13,19H,6-7H2,1-2H3. The molecule has 3 amide bonds. The van der Waals surface area contributed by atoms with Gasteiger partial charge in [-0.1, -0.05) is 19.9 Å². The molecule has 0 aliphatic carbocycles. The summed E-state index contributed by atoms with van der Waals surface area (Å²) in [5, 5.41) is 10.0. The van der Waals surface area contributed by atoms with Crippen LogP contribution in [-0.4, -0.2) is 29.1 Å². The van der Waals surface area contributed by atoms with Crippen molar-refractivity contribution in [3.8, 4) is 0 Å². The van der Waals surface area contributed by atoms with Crippen molar-refractivity contribution >= 4 is 29.1 Å². The molecule has 3 rings (SSSR count). The van der Waals surface area contributed by atoms with E-state index < -0.39 is 6.23 Å². The Labute approximate surface area is 128 Å². The van der Waals surface area contributed by atoms with E-state index in [9.17, 15) is 19.5 Å². The van der Waals surface area contributed by atoms with Gasteiger partial charge in [-0.2, -0.15) is 0 Å². The summed E-state index contributed by atoms with van der Waals surface area (Å²) in [6.45, 7) is 3.49. The lowest BCUT2D eigenvalue weighted by molar-refractivity contribution is -0.122. The number of imide groups is 1. The van der Waals surface area contributed by atoms with Crippen LogP contribution in [0.1, 0.15) is 26.7 Å². The van der Waals surface area contributed by atoms with Gasteiger partial charge in [-0.15, -0.1) is 0 Å². The zero-order valence-electron chi connectivity index (χ0n) is 12.5. The Morgan fingerprint density at radius 3 is 2.27 bits per heavy atom. The third-order valence-corrected chi connectivity index (χ3v) is 4.26.